The Balaban J connectivity index is 1.75. The third kappa shape index (κ3) is 2.44. The Hall–Kier alpha value is -1.13. The van der Waals surface area contributed by atoms with E-state index < -0.39 is 5.60 Å². The number of β-amino-alcohol motifs (C(OH)–C–C–N with tert-alkyl or cyclic N) is 1. The molecule has 2 atom stereocenters. The van der Waals surface area contributed by atoms with E-state index in [2.05, 4.69) is 16.8 Å². The molecule has 1 aliphatic heterocycles. The molecular formula is C17H26N2O2. The predicted octanol–water partition coefficient (Wildman–Crippen LogP) is 1.97. The summed E-state index contributed by atoms with van der Waals surface area (Å²) >= 11 is 0. The van der Waals surface area contributed by atoms with Crippen molar-refractivity contribution in [1.82, 2.24) is 9.88 Å². The summed E-state index contributed by atoms with van der Waals surface area (Å²) in [5.74, 6) is 0.774. The van der Waals surface area contributed by atoms with Gasteiger partial charge in [-0.25, -0.2) is 0 Å². The Morgan fingerprint density at radius 2 is 2.14 bits per heavy atom. The van der Waals surface area contributed by atoms with Crippen LogP contribution in [0, 0.1) is 25.7 Å². The van der Waals surface area contributed by atoms with Gasteiger partial charge in [-0.3, -0.25) is 9.69 Å². The normalized spacial score (nSPS) is 30.6. The monoisotopic (exact) mass is 290 g/mol. The highest BCUT2D eigenvalue weighted by molar-refractivity contribution is 5.23. The molecule has 1 aliphatic carbocycles. The summed E-state index contributed by atoms with van der Waals surface area (Å²) in [6.07, 6.45) is 5.37. The molecule has 0 bridgehead atoms. The number of hydrogen-bond acceptors (Lipinski definition) is 3. The highest BCUT2D eigenvalue weighted by Gasteiger charge is 2.49. The van der Waals surface area contributed by atoms with Gasteiger partial charge < -0.3 is 10.1 Å². The van der Waals surface area contributed by atoms with Gasteiger partial charge in [-0.2, -0.15) is 0 Å². The molecule has 116 valence electrons. The van der Waals surface area contributed by atoms with Crippen LogP contribution < -0.4 is 5.43 Å². The van der Waals surface area contributed by atoms with Crippen LogP contribution in [0.1, 0.15) is 43.0 Å². The second-order valence-electron chi connectivity index (χ2n) is 7.09. The SMILES string of the molecule is Cc1c[nH]c(CN2C[C@@H](C)[C@](O)(C3CCC3)C2)c(C)c1=O. The van der Waals surface area contributed by atoms with Crippen molar-refractivity contribution >= 4 is 0 Å². The minimum absolute atomic E-state index is 0.130. The van der Waals surface area contributed by atoms with Gasteiger partial charge >= 0.3 is 0 Å². The minimum atomic E-state index is -0.531. The Morgan fingerprint density at radius 3 is 2.76 bits per heavy atom. The second-order valence-corrected chi connectivity index (χ2v) is 7.09. The van der Waals surface area contributed by atoms with Crippen LogP contribution in [0.5, 0.6) is 0 Å². The fourth-order valence-electron chi connectivity index (χ4n) is 3.87. The first-order chi connectivity index (χ1) is 9.91. The molecule has 2 N–H and O–H groups in total. The van der Waals surface area contributed by atoms with Gasteiger partial charge in [0.25, 0.3) is 0 Å². The summed E-state index contributed by atoms with van der Waals surface area (Å²) in [5.41, 5.74) is 2.15. The van der Waals surface area contributed by atoms with E-state index in [0.717, 1.165) is 49.3 Å². The molecule has 21 heavy (non-hydrogen) atoms. The predicted molar refractivity (Wildman–Crippen MR) is 83.3 cm³/mol. The van der Waals surface area contributed by atoms with Gasteiger partial charge in [-0.15, -0.1) is 0 Å². The molecule has 1 aromatic rings. The average molecular weight is 290 g/mol. The molecule has 1 saturated heterocycles. The number of nitrogens with one attached hydrogen (secondary N) is 1. The van der Waals surface area contributed by atoms with Gasteiger partial charge in [-0.05, 0) is 38.5 Å². The first kappa shape index (κ1) is 14.8. The number of likely N-dealkylation sites (tertiary alicyclic amines) is 1. The second kappa shape index (κ2) is 5.25. The molecule has 3 rings (SSSR count). The zero-order valence-corrected chi connectivity index (χ0v) is 13.3. The first-order valence-corrected chi connectivity index (χ1v) is 8.04. The van der Waals surface area contributed by atoms with Gasteiger partial charge in [-0.1, -0.05) is 13.3 Å². The Labute approximate surface area is 126 Å². The smallest absolute Gasteiger partial charge is 0.187 e. The number of H-pyrrole nitrogens is 1. The van der Waals surface area contributed by atoms with Crippen LogP contribution in [0.4, 0.5) is 0 Å². The Morgan fingerprint density at radius 1 is 1.43 bits per heavy atom. The van der Waals surface area contributed by atoms with Crippen LogP contribution in [0.25, 0.3) is 0 Å². The third-order valence-corrected chi connectivity index (χ3v) is 5.67. The number of aryl methyl sites for hydroxylation is 1. The lowest BCUT2D eigenvalue weighted by molar-refractivity contribution is -0.0673. The van der Waals surface area contributed by atoms with E-state index >= 15 is 0 Å². The number of aromatic nitrogens is 1. The molecule has 0 radical (unpaired) electrons. The summed E-state index contributed by atoms with van der Waals surface area (Å²) in [5, 5.41) is 11.0. The maximum Gasteiger partial charge on any atom is 0.187 e. The molecule has 0 spiro atoms. The van der Waals surface area contributed by atoms with Crippen LogP contribution in [0.15, 0.2) is 11.0 Å². The van der Waals surface area contributed by atoms with Gasteiger partial charge in [0, 0.05) is 42.7 Å². The van der Waals surface area contributed by atoms with E-state index in [-0.39, 0.29) is 5.43 Å². The van der Waals surface area contributed by atoms with Crippen molar-refractivity contribution in [2.24, 2.45) is 11.8 Å². The summed E-state index contributed by atoms with van der Waals surface area (Å²) in [4.78, 5) is 17.6. The fourth-order valence-corrected chi connectivity index (χ4v) is 3.87. The standard InChI is InChI=1S/C17H26N2O2/c1-11-7-18-15(13(3)16(11)20)9-19-8-12(2)17(21,10-19)14-5-4-6-14/h7,12,14,21H,4-6,8-10H2,1-3H3,(H,18,20)/t12-,17+/m1/s1. The van der Waals surface area contributed by atoms with Gasteiger partial charge in [0.05, 0.1) is 5.60 Å². The molecule has 1 aromatic heterocycles. The van der Waals surface area contributed by atoms with Gasteiger partial charge in [0.1, 0.15) is 0 Å². The molecule has 2 heterocycles. The number of aromatic amines is 1. The zero-order valence-electron chi connectivity index (χ0n) is 13.3. The number of pyridine rings is 1. The van der Waals surface area contributed by atoms with E-state index in [9.17, 15) is 9.90 Å². The minimum Gasteiger partial charge on any atom is -0.388 e. The number of hydrogen-bond donors (Lipinski definition) is 2. The third-order valence-electron chi connectivity index (χ3n) is 5.67. The van der Waals surface area contributed by atoms with Crippen molar-refractivity contribution in [3.8, 4) is 0 Å². The summed E-state index contributed by atoms with van der Waals surface area (Å²) in [7, 11) is 0. The number of rotatable bonds is 3. The molecule has 4 nitrogen and oxygen atoms in total. The Kier molecular flexibility index (Phi) is 3.70. The van der Waals surface area contributed by atoms with Crippen molar-refractivity contribution in [3.05, 3.63) is 33.2 Å². The number of nitrogens with zero attached hydrogens (tertiary/aromatic N) is 1. The van der Waals surface area contributed by atoms with E-state index in [1.54, 1.807) is 6.20 Å². The van der Waals surface area contributed by atoms with E-state index in [1.807, 2.05) is 13.8 Å². The quantitative estimate of drug-likeness (QED) is 0.895. The lowest BCUT2D eigenvalue weighted by Crippen LogP contribution is -2.47. The van der Waals surface area contributed by atoms with E-state index in [4.69, 9.17) is 0 Å². The van der Waals surface area contributed by atoms with E-state index in [1.165, 1.54) is 6.42 Å². The van der Waals surface area contributed by atoms with Gasteiger partial charge in [0.2, 0.25) is 0 Å². The van der Waals surface area contributed by atoms with Crippen molar-refractivity contribution in [2.45, 2.75) is 52.2 Å². The Bertz CT molecular complexity index is 591. The van der Waals surface area contributed by atoms with Crippen LogP contribution in [-0.2, 0) is 6.54 Å². The van der Waals surface area contributed by atoms with Crippen LogP contribution >= 0.6 is 0 Å². The zero-order chi connectivity index (χ0) is 15.2. The van der Waals surface area contributed by atoms with E-state index in [0.29, 0.717) is 11.8 Å². The molecule has 2 aliphatic rings. The maximum atomic E-state index is 12.0. The van der Waals surface area contributed by atoms with Crippen LogP contribution in [0.2, 0.25) is 0 Å². The molecular weight excluding hydrogens is 264 g/mol. The van der Waals surface area contributed by atoms with Crippen molar-refractivity contribution < 1.29 is 5.11 Å². The summed E-state index contributed by atoms with van der Waals surface area (Å²) < 4.78 is 0. The highest BCUT2D eigenvalue weighted by atomic mass is 16.3. The average Bonchev–Trinajstić information content (AvgIpc) is 2.64. The maximum absolute atomic E-state index is 12.0. The molecule has 1 saturated carbocycles. The topological polar surface area (TPSA) is 56.3 Å². The van der Waals surface area contributed by atoms with Gasteiger partial charge in [0.15, 0.2) is 5.43 Å². The first-order valence-electron chi connectivity index (χ1n) is 8.04. The molecule has 2 fully saturated rings. The lowest BCUT2D eigenvalue weighted by Gasteiger charge is -2.41. The highest BCUT2D eigenvalue weighted by Crippen LogP contribution is 2.44. The van der Waals surface area contributed by atoms with Crippen molar-refractivity contribution in [2.75, 3.05) is 13.1 Å². The molecule has 0 aromatic carbocycles. The number of aliphatic hydroxyl groups is 1. The lowest BCUT2D eigenvalue weighted by atomic mass is 9.69. The fraction of sp³-hybridized carbons (Fsp3) is 0.706. The molecule has 4 heteroatoms. The molecule has 0 amide bonds. The summed E-state index contributed by atoms with van der Waals surface area (Å²) in [6.45, 7) is 8.24. The van der Waals surface area contributed by atoms with Crippen LogP contribution in [0.3, 0.4) is 0 Å². The van der Waals surface area contributed by atoms with Crippen LogP contribution in [-0.4, -0.2) is 33.7 Å². The summed E-state index contributed by atoms with van der Waals surface area (Å²) in [6, 6.07) is 0. The molecule has 0 unspecified atom stereocenters. The van der Waals surface area contributed by atoms with Crippen molar-refractivity contribution in [3.63, 3.8) is 0 Å². The van der Waals surface area contributed by atoms with Crippen molar-refractivity contribution in [1.29, 1.82) is 0 Å². The largest absolute Gasteiger partial charge is 0.388 e.